The molecule has 1 aromatic heterocycles. The number of piperazine rings is 1. The molecule has 2 rings (SSSR count). The Morgan fingerprint density at radius 3 is 2.62 bits per heavy atom. The summed E-state index contributed by atoms with van der Waals surface area (Å²) in [5, 5.41) is 11.7. The van der Waals surface area contributed by atoms with Crippen molar-refractivity contribution < 1.29 is 14.7 Å². The van der Waals surface area contributed by atoms with Crippen molar-refractivity contribution in [1.29, 1.82) is 0 Å². The predicted molar refractivity (Wildman–Crippen MR) is 83.7 cm³/mol. The van der Waals surface area contributed by atoms with Crippen LogP contribution in [0.3, 0.4) is 0 Å². The second kappa shape index (κ2) is 7.77. The van der Waals surface area contributed by atoms with E-state index in [4.69, 9.17) is 5.11 Å². The molecule has 8 heteroatoms. The monoisotopic (exact) mass is 329 g/mol. The first-order valence-corrected chi connectivity index (χ1v) is 8.78. The van der Waals surface area contributed by atoms with Gasteiger partial charge in [-0.1, -0.05) is 0 Å². The standard InChI is InChI=1S/C13H19N3O3S2/c1-10-14-11(7-21-10)6-15-2-4-16(5-3-15)12(17)8-20-9-13(18)19/h7H,2-6,8-9H2,1H3,(H,18,19). The van der Waals surface area contributed by atoms with Crippen molar-refractivity contribution >= 4 is 35.0 Å². The fourth-order valence-electron chi connectivity index (χ4n) is 2.18. The lowest BCUT2D eigenvalue weighted by atomic mass is 10.3. The quantitative estimate of drug-likeness (QED) is 0.836. The minimum Gasteiger partial charge on any atom is -0.481 e. The molecule has 1 aliphatic heterocycles. The number of nitrogens with zero attached hydrogens (tertiary/aromatic N) is 3. The fraction of sp³-hybridized carbons (Fsp3) is 0.615. The maximum atomic E-state index is 11.9. The molecule has 1 N–H and O–H groups in total. The summed E-state index contributed by atoms with van der Waals surface area (Å²) in [5.41, 5.74) is 1.09. The normalized spacial score (nSPS) is 16.1. The summed E-state index contributed by atoms with van der Waals surface area (Å²) in [6, 6.07) is 0. The number of thioether (sulfide) groups is 1. The molecule has 0 aromatic carbocycles. The third-order valence-electron chi connectivity index (χ3n) is 3.23. The van der Waals surface area contributed by atoms with E-state index >= 15 is 0 Å². The Balaban J connectivity index is 1.70. The van der Waals surface area contributed by atoms with Gasteiger partial charge in [0.15, 0.2) is 0 Å². The third-order valence-corrected chi connectivity index (χ3v) is 4.95. The van der Waals surface area contributed by atoms with Crippen molar-refractivity contribution in [3.05, 3.63) is 16.1 Å². The average Bonchev–Trinajstić information content (AvgIpc) is 2.84. The lowest BCUT2D eigenvalue weighted by molar-refractivity contribution is -0.133. The van der Waals surface area contributed by atoms with Crippen LogP contribution in [0, 0.1) is 6.92 Å². The van der Waals surface area contributed by atoms with E-state index < -0.39 is 5.97 Å². The van der Waals surface area contributed by atoms with Crippen molar-refractivity contribution in [3.8, 4) is 0 Å². The smallest absolute Gasteiger partial charge is 0.313 e. The molecule has 1 aliphatic rings. The SMILES string of the molecule is Cc1nc(CN2CCN(C(=O)CSCC(=O)O)CC2)cs1. The Morgan fingerprint density at radius 1 is 1.33 bits per heavy atom. The van der Waals surface area contributed by atoms with Gasteiger partial charge in [0.1, 0.15) is 0 Å². The number of carbonyl (C=O) groups is 2. The molecule has 1 aromatic rings. The van der Waals surface area contributed by atoms with Crippen LogP contribution in [0.4, 0.5) is 0 Å². The first kappa shape index (κ1) is 16.3. The van der Waals surface area contributed by atoms with E-state index in [0.29, 0.717) is 13.1 Å². The van der Waals surface area contributed by atoms with Crippen LogP contribution >= 0.6 is 23.1 Å². The number of aryl methyl sites for hydroxylation is 1. The summed E-state index contributed by atoms with van der Waals surface area (Å²) >= 11 is 2.81. The Labute approximate surface area is 132 Å². The lowest BCUT2D eigenvalue weighted by Crippen LogP contribution is -2.48. The molecule has 6 nitrogen and oxygen atoms in total. The van der Waals surface area contributed by atoms with Gasteiger partial charge in [-0.05, 0) is 6.92 Å². The highest BCUT2D eigenvalue weighted by atomic mass is 32.2. The molecule has 0 bridgehead atoms. The summed E-state index contributed by atoms with van der Waals surface area (Å²) < 4.78 is 0. The van der Waals surface area contributed by atoms with E-state index in [1.54, 1.807) is 11.3 Å². The van der Waals surface area contributed by atoms with E-state index in [1.807, 2.05) is 11.8 Å². The lowest BCUT2D eigenvalue weighted by Gasteiger charge is -2.34. The molecular weight excluding hydrogens is 310 g/mol. The van der Waals surface area contributed by atoms with Crippen molar-refractivity contribution in [3.63, 3.8) is 0 Å². The molecule has 1 fully saturated rings. The topological polar surface area (TPSA) is 73.7 Å². The van der Waals surface area contributed by atoms with Crippen LogP contribution in [-0.2, 0) is 16.1 Å². The van der Waals surface area contributed by atoms with Gasteiger partial charge in [0.25, 0.3) is 0 Å². The number of carboxylic acids is 1. The first-order valence-electron chi connectivity index (χ1n) is 6.75. The molecule has 0 aliphatic carbocycles. The van der Waals surface area contributed by atoms with Crippen LogP contribution in [0.1, 0.15) is 10.7 Å². The molecule has 21 heavy (non-hydrogen) atoms. The van der Waals surface area contributed by atoms with Crippen molar-refractivity contribution in [2.24, 2.45) is 0 Å². The van der Waals surface area contributed by atoms with Gasteiger partial charge in [0.2, 0.25) is 5.91 Å². The second-order valence-electron chi connectivity index (χ2n) is 4.90. The number of aromatic nitrogens is 1. The van der Waals surface area contributed by atoms with E-state index in [1.165, 1.54) is 0 Å². The van der Waals surface area contributed by atoms with Gasteiger partial charge >= 0.3 is 5.97 Å². The molecule has 1 saturated heterocycles. The number of aliphatic carboxylic acids is 1. The third kappa shape index (κ3) is 5.29. The van der Waals surface area contributed by atoms with Gasteiger partial charge in [0.05, 0.1) is 22.2 Å². The molecule has 0 spiro atoms. The maximum absolute atomic E-state index is 11.9. The highest BCUT2D eigenvalue weighted by Gasteiger charge is 2.21. The molecule has 2 heterocycles. The average molecular weight is 329 g/mol. The number of hydrogen-bond acceptors (Lipinski definition) is 6. The zero-order valence-electron chi connectivity index (χ0n) is 11.9. The van der Waals surface area contributed by atoms with Gasteiger partial charge in [-0.25, -0.2) is 4.98 Å². The summed E-state index contributed by atoms with van der Waals surface area (Å²) in [6.45, 7) is 5.92. The molecule has 0 saturated carbocycles. The number of carboxylic acid groups (broad SMARTS) is 1. The summed E-state index contributed by atoms with van der Waals surface area (Å²) in [6.07, 6.45) is 0. The van der Waals surface area contributed by atoms with Crippen LogP contribution in [0.25, 0.3) is 0 Å². The Bertz CT molecular complexity index is 499. The van der Waals surface area contributed by atoms with Crippen LogP contribution in [-0.4, -0.2) is 69.5 Å². The van der Waals surface area contributed by atoms with Crippen LogP contribution in [0.2, 0.25) is 0 Å². The zero-order valence-corrected chi connectivity index (χ0v) is 13.6. The van der Waals surface area contributed by atoms with Crippen LogP contribution < -0.4 is 0 Å². The largest absolute Gasteiger partial charge is 0.481 e. The van der Waals surface area contributed by atoms with Crippen LogP contribution in [0.5, 0.6) is 0 Å². The van der Waals surface area contributed by atoms with Crippen molar-refractivity contribution in [2.75, 3.05) is 37.7 Å². The van der Waals surface area contributed by atoms with Gasteiger partial charge in [-0.2, -0.15) is 0 Å². The van der Waals surface area contributed by atoms with E-state index in [-0.39, 0.29) is 17.4 Å². The Morgan fingerprint density at radius 2 is 2.05 bits per heavy atom. The van der Waals surface area contributed by atoms with Gasteiger partial charge in [-0.15, -0.1) is 23.1 Å². The number of hydrogen-bond donors (Lipinski definition) is 1. The summed E-state index contributed by atoms with van der Waals surface area (Å²) in [7, 11) is 0. The van der Waals surface area contributed by atoms with Gasteiger partial charge in [-0.3, -0.25) is 14.5 Å². The summed E-state index contributed by atoms with van der Waals surface area (Å²) in [5.74, 6) is -0.617. The highest BCUT2D eigenvalue weighted by molar-refractivity contribution is 8.00. The number of thiazole rings is 1. The first-order chi connectivity index (χ1) is 10.0. The molecule has 0 unspecified atom stereocenters. The maximum Gasteiger partial charge on any atom is 0.313 e. The van der Waals surface area contributed by atoms with E-state index in [2.05, 4.69) is 15.3 Å². The zero-order chi connectivity index (χ0) is 15.2. The molecule has 116 valence electrons. The minimum absolute atomic E-state index is 0.0190. The van der Waals surface area contributed by atoms with Crippen molar-refractivity contribution in [1.82, 2.24) is 14.8 Å². The van der Waals surface area contributed by atoms with Crippen LogP contribution in [0.15, 0.2) is 5.38 Å². The molecule has 1 amide bonds. The molecule has 0 atom stereocenters. The fourth-order valence-corrected chi connectivity index (χ4v) is 3.42. The molecule has 0 radical (unpaired) electrons. The predicted octanol–water partition coefficient (Wildman–Crippen LogP) is 0.914. The highest BCUT2D eigenvalue weighted by Crippen LogP contribution is 2.13. The van der Waals surface area contributed by atoms with E-state index in [9.17, 15) is 9.59 Å². The van der Waals surface area contributed by atoms with Gasteiger partial charge in [0, 0.05) is 38.1 Å². The Hall–Kier alpha value is -1.12. The van der Waals surface area contributed by atoms with Gasteiger partial charge < -0.3 is 10.0 Å². The number of carbonyl (C=O) groups excluding carboxylic acids is 1. The number of amides is 1. The van der Waals surface area contributed by atoms with E-state index in [0.717, 1.165) is 42.1 Å². The second-order valence-corrected chi connectivity index (χ2v) is 6.95. The van der Waals surface area contributed by atoms with Crippen molar-refractivity contribution in [2.45, 2.75) is 13.5 Å². The minimum atomic E-state index is -0.879. The molecular formula is C13H19N3O3S2. The number of rotatable bonds is 6. The Kier molecular flexibility index (Phi) is 6.01. The summed E-state index contributed by atoms with van der Waals surface area (Å²) in [4.78, 5) is 30.9.